The van der Waals surface area contributed by atoms with Gasteiger partial charge in [-0.15, -0.1) is 11.8 Å². The number of anilines is 2. The van der Waals surface area contributed by atoms with Gasteiger partial charge in [0.25, 0.3) is 5.91 Å². The van der Waals surface area contributed by atoms with Gasteiger partial charge < -0.3 is 15.4 Å². The Bertz CT molecular complexity index is 1140. The Morgan fingerprint density at radius 3 is 2.41 bits per heavy atom. The van der Waals surface area contributed by atoms with Crippen molar-refractivity contribution in [3.8, 4) is 5.75 Å². The van der Waals surface area contributed by atoms with Crippen LogP contribution in [0.1, 0.15) is 22.8 Å². The quantitative estimate of drug-likeness (QED) is 0.403. The summed E-state index contributed by atoms with van der Waals surface area (Å²) >= 11 is 7.48. The molecule has 1 unspecified atom stereocenters. The molecule has 1 atom stereocenters. The van der Waals surface area contributed by atoms with Gasteiger partial charge in [-0.3, -0.25) is 9.59 Å². The monoisotopic (exact) mass is 472 g/mol. The molecule has 2 amide bonds. The number of carbonyl (C=O) groups is 2. The smallest absolute Gasteiger partial charge is 0.258 e. The van der Waals surface area contributed by atoms with E-state index in [-0.39, 0.29) is 11.5 Å². The minimum atomic E-state index is -0.579. The molecule has 3 aromatic rings. The van der Waals surface area contributed by atoms with Gasteiger partial charge >= 0.3 is 0 Å². The van der Waals surface area contributed by atoms with Gasteiger partial charge in [0.15, 0.2) is 0 Å². The highest BCUT2D eigenvalue weighted by atomic mass is 35.5. The van der Waals surface area contributed by atoms with Crippen LogP contribution in [0.15, 0.2) is 65.6 Å². The molecule has 3 aromatic carbocycles. The van der Waals surface area contributed by atoms with Crippen LogP contribution in [0, 0.1) is 12.7 Å². The summed E-state index contributed by atoms with van der Waals surface area (Å²) in [6, 6.07) is 16.2. The summed E-state index contributed by atoms with van der Waals surface area (Å²) in [5.74, 6) is -0.805. The molecule has 0 radical (unpaired) electrons. The maximum Gasteiger partial charge on any atom is 0.258 e. The molecule has 2 N–H and O–H groups in total. The molecule has 0 spiro atoms. The van der Waals surface area contributed by atoms with E-state index in [0.717, 1.165) is 10.5 Å². The fourth-order valence-corrected chi connectivity index (χ4v) is 3.90. The molecule has 166 valence electrons. The van der Waals surface area contributed by atoms with Gasteiger partial charge in [-0.2, -0.15) is 0 Å². The molecular formula is C24H22ClFN2O3S. The number of aryl methyl sites for hydroxylation is 1. The van der Waals surface area contributed by atoms with Crippen molar-refractivity contribution in [2.45, 2.75) is 24.0 Å². The van der Waals surface area contributed by atoms with Crippen LogP contribution >= 0.6 is 23.4 Å². The van der Waals surface area contributed by atoms with Crippen molar-refractivity contribution in [2.24, 2.45) is 0 Å². The minimum Gasteiger partial charge on any atom is -0.495 e. The lowest BCUT2D eigenvalue weighted by Gasteiger charge is -2.15. The summed E-state index contributed by atoms with van der Waals surface area (Å²) in [5.41, 5.74) is 1.89. The Labute approximate surface area is 195 Å². The van der Waals surface area contributed by atoms with Crippen molar-refractivity contribution in [1.82, 2.24) is 0 Å². The largest absolute Gasteiger partial charge is 0.495 e. The number of carbonyl (C=O) groups excluding carboxylic acids is 2. The molecule has 0 aromatic heterocycles. The van der Waals surface area contributed by atoms with Crippen molar-refractivity contribution in [2.75, 3.05) is 17.7 Å². The van der Waals surface area contributed by atoms with Gasteiger partial charge in [-0.25, -0.2) is 4.39 Å². The predicted octanol–water partition coefficient (Wildman–Crippen LogP) is 6.17. The number of amides is 2. The topological polar surface area (TPSA) is 67.4 Å². The van der Waals surface area contributed by atoms with Crippen LogP contribution in [-0.4, -0.2) is 24.2 Å². The lowest BCUT2D eigenvalue weighted by molar-refractivity contribution is -0.115. The van der Waals surface area contributed by atoms with Crippen molar-refractivity contribution in [3.63, 3.8) is 0 Å². The Morgan fingerprint density at radius 1 is 1.06 bits per heavy atom. The number of hydrogen-bond donors (Lipinski definition) is 2. The predicted molar refractivity (Wildman–Crippen MR) is 127 cm³/mol. The zero-order valence-corrected chi connectivity index (χ0v) is 19.3. The van der Waals surface area contributed by atoms with Crippen molar-refractivity contribution >= 4 is 46.6 Å². The van der Waals surface area contributed by atoms with Crippen LogP contribution < -0.4 is 15.4 Å². The summed E-state index contributed by atoms with van der Waals surface area (Å²) in [5, 5.41) is 5.71. The first-order valence-electron chi connectivity index (χ1n) is 9.76. The number of hydrogen-bond acceptors (Lipinski definition) is 4. The van der Waals surface area contributed by atoms with Gasteiger partial charge in [0.05, 0.1) is 23.6 Å². The molecular weight excluding hydrogens is 451 g/mol. The van der Waals surface area contributed by atoms with Crippen LogP contribution in [0.5, 0.6) is 5.75 Å². The molecule has 3 rings (SSSR count). The lowest BCUT2D eigenvalue weighted by Crippen LogP contribution is -2.22. The number of benzene rings is 3. The third kappa shape index (κ3) is 5.81. The molecule has 0 fully saturated rings. The summed E-state index contributed by atoms with van der Waals surface area (Å²) in [4.78, 5) is 25.7. The van der Waals surface area contributed by atoms with E-state index in [1.807, 2.05) is 6.92 Å². The second kappa shape index (κ2) is 10.5. The van der Waals surface area contributed by atoms with Crippen molar-refractivity contribution < 1.29 is 18.7 Å². The van der Waals surface area contributed by atoms with Crippen LogP contribution in [0.4, 0.5) is 15.8 Å². The summed E-state index contributed by atoms with van der Waals surface area (Å²) < 4.78 is 19.1. The van der Waals surface area contributed by atoms with Crippen LogP contribution in [0.3, 0.4) is 0 Å². The summed E-state index contributed by atoms with van der Waals surface area (Å²) in [6.07, 6.45) is 0. The maximum atomic E-state index is 13.8. The van der Waals surface area contributed by atoms with E-state index in [9.17, 15) is 14.0 Å². The standard InChI is InChI=1S/C24H22ClFN2O3S/c1-14-12-21(22(31-3)13-19(14)25)28-23(29)15(2)32-17-10-8-16(9-11-17)27-24(30)18-6-4-5-7-20(18)26/h4-13,15H,1-3H3,(H,27,30)(H,28,29). The van der Waals surface area contributed by atoms with E-state index < -0.39 is 17.0 Å². The first-order valence-corrected chi connectivity index (χ1v) is 11.0. The number of thioether (sulfide) groups is 1. The molecule has 0 bridgehead atoms. The first-order chi connectivity index (χ1) is 15.3. The number of nitrogens with one attached hydrogen (secondary N) is 2. The fourth-order valence-electron chi connectivity index (χ4n) is 2.88. The highest BCUT2D eigenvalue weighted by Gasteiger charge is 2.18. The van der Waals surface area contributed by atoms with Gasteiger partial charge in [0, 0.05) is 21.7 Å². The van der Waals surface area contributed by atoms with Gasteiger partial charge in [-0.1, -0.05) is 23.7 Å². The summed E-state index contributed by atoms with van der Waals surface area (Å²) in [7, 11) is 1.52. The first kappa shape index (κ1) is 23.6. The van der Waals surface area contributed by atoms with Crippen LogP contribution in [-0.2, 0) is 4.79 Å². The molecule has 0 heterocycles. The lowest BCUT2D eigenvalue weighted by atomic mass is 10.2. The van der Waals surface area contributed by atoms with E-state index in [2.05, 4.69) is 10.6 Å². The Hall–Kier alpha value is -3.03. The van der Waals surface area contributed by atoms with E-state index in [0.29, 0.717) is 22.1 Å². The average Bonchev–Trinajstić information content (AvgIpc) is 2.77. The molecule has 0 aliphatic rings. The zero-order valence-electron chi connectivity index (χ0n) is 17.7. The normalized spacial score (nSPS) is 11.5. The third-order valence-corrected chi connectivity index (χ3v) is 6.17. The third-order valence-electron chi connectivity index (χ3n) is 4.65. The van der Waals surface area contributed by atoms with E-state index in [1.54, 1.807) is 49.4 Å². The van der Waals surface area contributed by atoms with E-state index in [1.165, 1.54) is 37.1 Å². The molecule has 5 nitrogen and oxygen atoms in total. The molecule has 0 saturated heterocycles. The van der Waals surface area contributed by atoms with Crippen molar-refractivity contribution in [1.29, 1.82) is 0 Å². The van der Waals surface area contributed by atoms with Gasteiger partial charge in [0.2, 0.25) is 5.91 Å². The maximum absolute atomic E-state index is 13.8. The molecule has 0 aliphatic carbocycles. The zero-order chi connectivity index (χ0) is 23.3. The molecule has 8 heteroatoms. The number of ether oxygens (including phenoxy) is 1. The highest BCUT2D eigenvalue weighted by molar-refractivity contribution is 8.00. The van der Waals surface area contributed by atoms with E-state index >= 15 is 0 Å². The second-order valence-electron chi connectivity index (χ2n) is 7.01. The van der Waals surface area contributed by atoms with Crippen LogP contribution in [0.25, 0.3) is 0 Å². The minimum absolute atomic E-state index is 0.0240. The highest BCUT2D eigenvalue weighted by Crippen LogP contribution is 2.32. The molecule has 0 aliphatic heterocycles. The fraction of sp³-hybridized carbons (Fsp3) is 0.167. The second-order valence-corrected chi connectivity index (χ2v) is 8.83. The van der Waals surface area contributed by atoms with E-state index in [4.69, 9.17) is 16.3 Å². The van der Waals surface area contributed by atoms with Crippen molar-refractivity contribution in [3.05, 3.63) is 82.6 Å². The average molecular weight is 473 g/mol. The van der Waals surface area contributed by atoms with Gasteiger partial charge in [0.1, 0.15) is 11.6 Å². The number of methoxy groups -OCH3 is 1. The SMILES string of the molecule is COc1cc(Cl)c(C)cc1NC(=O)C(C)Sc1ccc(NC(=O)c2ccccc2F)cc1. The Kier molecular flexibility index (Phi) is 7.77. The molecule has 0 saturated carbocycles. The molecule has 32 heavy (non-hydrogen) atoms. The Balaban J connectivity index is 1.61. The van der Waals surface area contributed by atoms with Gasteiger partial charge in [-0.05, 0) is 61.9 Å². The number of halogens is 2. The van der Waals surface area contributed by atoms with Crippen LogP contribution in [0.2, 0.25) is 5.02 Å². The Morgan fingerprint density at radius 2 is 1.75 bits per heavy atom. The number of rotatable bonds is 7. The summed E-state index contributed by atoms with van der Waals surface area (Å²) in [6.45, 7) is 3.64.